The molecule has 2 fully saturated rings. The van der Waals surface area contributed by atoms with Crippen molar-refractivity contribution in [3.8, 4) is 0 Å². The van der Waals surface area contributed by atoms with Crippen molar-refractivity contribution in [3.05, 3.63) is 18.3 Å². The number of hydrogen-bond donors (Lipinski definition) is 1. The number of carbonyl (C=O) groups excluding carboxylic acids is 1. The average molecular weight is 261 g/mol. The SMILES string of the molecule is O=C(Nc1ccc(N2CCCC2)cn1)C1CCCO1. The van der Waals surface area contributed by atoms with Gasteiger partial charge in [-0.05, 0) is 37.8 Å². The van der Waals surface area contributed by atoms with Gasteiger partial charge in [-0.1, -0.05) is 0 Å². The molecular formula is C14H19N3O2. The fraction of sp³-hybridized carbons (Fsp3) is 0.571. The van der Waals surface area contributed by atoms with Gasteiger partial charge in [-0.25, -0.2) is 4.98 Å². The average Bonchev–Trinajstić information content (AvgIpc) is 3.13. The third-order valence-electron chi connectivity index (χ3n) is 3.69. The molecule has 1 atom stereocenters. The quantitative estimate of drug-likeness (QED) is 0.901. The van der Waals surface area contributed by atoms with Gasteiger partial charge < -0.3 is 15.0 Å². The first-order valence-corrected chi connectivity index (χ1v) is 6.96. The summed E-state index contributed by atoms with van der Waals surface area (Å²) in [6, 6.07) is 3.88. The molecule has 0 aliphatic carbocycles. The highest BCUT2D eigenvalue weighted by molar-refractivity contribution is 5.93. The minimum absolute atomic E-state index is 0.0843. The van der Waals surface area contributed by atoms with Crippen molar-refractivity contribution in [2.75, 3.05) is 29.9 Å². The molecule has 2 aliphatic rings. The van der Waals surface area contributed by atoms with Gasteiger partial charge in [0.25, 0.3) is 5.91 Å². The first kappa shape index (κ1) is 12.4. The van der Waals surface area contributed by atoms with Crippen LogP contribution in [0.5, 0.6) is 0 Å². The molecule has 0 aromatic carbocycles. The van der Waals surface area contributed by atoms with Crippen molar-refractivity contribution in [2.45, 2.75) is 31.8 Å². The fourth-order valence-electron chi connectivity index (χ4n) is 2.61. The van der Waals surface area contributed by atoms with Gasteiger partial charge in [-0.3, -0.25) is 4.79 Å². The van der Waals surface area contributed by atoms with Crippen LogP contribution in [-0.4, -0.2) is 36.7 Å². The van der Waals surface area contributed by atoms with E-state index in [9.17, 15) is 4.79 Å². The number of aromatic nitrogens is 1. The van der Waals surface area contributed by atoms with E-state index in [2.05, 4.69) is 15.2 Å². The molecule has 1 amide bonds. The molecule has 3 heterocycles. The lowest BCUT2D eigenvalue weighted by Gasteiger charge is -2.17. The molecule has 0 bridgehead atoms. The maximum atomic E-state index is 11.9. The van der Waals surface area contributed by atoms with Crippen molar-refractivity contribution in [2.24, 2.45) is 0 Å². The number of nitrogens with one attached hydrogen (secondary N) is 1. The zero-order chi connectivity index (χ0) is 13.1. The van der Waals surface area contributed by atoms with Crippen LogP contribution in [0.25, 0.3) is 0 Å². The minimum atomic E-state index is -0.306. The van der Waals surface area contributed by atoms with Gasteiger partial charge in [0.2, 0.25) is 0 Å². The zero-order valence-corrected chi connectivity index (χ0v) is 11.0. The number of hydrogen-bond acceptors (Lipinski definition) is 4. The predicted molar refractivity (Wildman–Crippen MR) is 73.3 cm³/mol. The molecular weight excluding hydrogens is 242 g/mol. The van der Waals surface area contributed by atoms with E-state index >= 15 is 0 Å². The summed E-state index contributed by atoms with van der Waals surface area (Å²) >= 11 is 0. The third-order valence-corrected chi connectivity index (χ3v) is 3.69. The van der Waals surface area contributed by atoms with Gasteiger partial charge >= 0.3 is 0 Å². The minimum Gasteiger partial charge on any atom is -0.370 e. The predicted octanol–water partition coefficient (Wildman–Crippen LogP) is 1.80. The number of carbonyl (C=O) groups is 1. The topological polar surface area (TPSA) is 54.5 Å². The Balaban J connectivity index is 1.60. The van der Waals surface area contributed by atoms with Crippen LogP contribution in [-0.2, 0) is 9.53 Å². The summed E-state index contributed by atoms with van der Waals surface area (Å²) in [5.41, 5.74) is 1.13. The summed E-state index contributed by atoms with van der Waals surface area (Å²) in [7, 11) is 0. The Morgan fingerprint density at radius 3 is 2.79 bits per heavy atom. The largest absolute Gasteiger partial charge is 0.370 e. The van der Waals surface area contributed by atoms with Crippen LogP contribution in [0.15, 0.2) is 18.3 Å². The van der Waals surface area contributed by atoms with Crippen molar-refractivity contribution in [1.29, 1.82) is 0 Å². The second-order valence-electron chi connectivity index (χ2n) is 5.09. The zero-order valence-electron chi connectivity index (χ0n) is 11.0. The van der Waals surface area contributed by atoms with E-state index in [1.165, 1.54) is 12.8 Å². The Bertz CT molecular complexity index is 435. The molecule has 2 aliphatic heterocycles. The molecule has 1 unspecified atom stereocenters. The number of anilines is 2. The summed E-state index contributed by atoms with van der Waals surface area (Å²) in [5.74, 6) is 0.516. The van der Waals surface area contributed by atoms with Gasteiger partial charge in [-0.2, -0.15) is 0 Å². The standard InChI is InChI=1S/C14H19N3O2/c18-14(12-4-3-9-19-12)16-13-6-5-11(10-15-13)17-7-1-2-8-17/h5-6,10,12H,1-4,7-9H2,(H,15,16,18). The van der Waals surface area contributed by atoms with Crippen LogP contribution in [0.4, 0.5) is 11.5 Å². The Kier molecular flexibility index (Phi) is 3.64. The summed E-state index contributed by atoms with van der Waals surface area (Å²) in [4.78, 5) is 18.5. The van der Waals surface area contributed by atoms with Crippen LogP contribution < -0.4 is 10.2 Å². The van der Waals surface area contributed by atoms with E-state index in [4.69, 9.17) is 4.74 Å². The smallest absolute Gasteiger partial charge is 0.254 e. The van der Waals surface area contributed by atoms with Crippen molar-refractivity contribution >= 4 is 17.4 Å². The van der Waals surface area contributed by atoms with Gasteiger partial charge in [0.05, 0.1) is 11.9 Å². The van der Waals surface area contributed by atoms with Crippen LogP contribution in [0.1, 0.15) is 25.7 Å². The number of nitrogens with zero attached hydrogens (tertiary/aromatic N) is 2. The van der Waals surface area contributed by atoms with Gasteiger partial charge in [0.15, 0.2) is 0 Å². The Morgan fingerprint density at radius 2 is 2.16 bits per heavy atom. The summed E-state index contributed by atoms with van der Waals surface area (Å²) in [6.45, 7) is 2.88. The normalized spacial score (nSPS) is 22.7. The molecule has 3 rings (SSSR count). The van der Waals surface area contributed by atoms with Gasteiger partial charge in [0, 0.05) is 19.7 Å². The maximum absolute atomic E-state index is 11.9. The highest BCUT2D eigenvalue weighted by atomic mass is 16.5. The molecule has 5 nitrogen and oxygen atoms in total. The molecule has 1 aromatic heterocycles. The van der Waals surface area contributed by atoms with Gasteiger partial charge in [-0.15, -0.1) is 0 Å². The lowest BCUT2D eigenvalue weighted by atomic mass is 10.2. The molecule has 2 saturated heterocycles. The first-order valence-electron chi connectivity index (χ1n) is 6.96. The number of rotatable bonds is 3. The molecule has 0 saturated carbocycles. The molecule has 0 radical (unpaired) electrons. The van der Waals surface area contributed by atoms with E-state index in [0.717, 1.165) is 31.6 Å². The lowest BCUT2D eigenvalue weighted by Crippen LogP contribution is -2.27. The van der Waals surface area contributed by atoms with E-state index < -0.39 is 0 Å². The number of amides is 1. The van der Waals surface area contributed by atoms with Crippen molar-refractivity contribution in [3.63, 3.8) is 0 Å². The maximum Gasteiger partial charge on any atom is 0.254 e. The molecule has 1 aromatic rings. The second kappa shape index (κ2) is 5.57. The van der Waals surface area contributed by atoms with Crippen molar-refractivity contribution < 1.29 is 9.53 Å². The van der Waals surface area contributed by atoms with E-state index in [1.54, 1.807) is 0 Å². The first-order chi connectivity index (χ1) is 9.33. The van der Waals surface area contributed by atoms with Gasteiger partial charge in [0.1, 0.15) is 11.9 Å². The van der Waals surface area contributed by atoms with Crippen LogP contribution in [0.3, 0.4) is 0 Å². The van der Waals surface area contributed by atoms with Crippen molar-refractivity contribution in [1.82, 2.24) is 4.98 Å². The highest BCUT2D eigenvalue weighted by Gasteiger charge is 2.23. The van der Waals surface area contributed by atoms with E-state index in [1.807, 2.05) is 18.3 Å². The molecule has 1 N–H and O–H groups in total. The van der Waals surface area contributed by atoms with E-state index in [0.29, 0.717) is 12.4 Å². The Hall–Kier alpha value is -1.62. The Labute approximate surface area is 113 Å². The summed E-state index contributed by atoms with van der Waals surface area (Å²) in [5, 5.41) is 2.81. The second-order valence-corrected chi connectivity index (χ2v) is 5.09. The summed E-state index contributed by atoms with van der Waals surface area (Å²) < 4.78 is 5.34. The third kappa shape index (κ3) is 2.87. The van der Waals surface area contributed by atoms with Crippen LogP contribution in [0, 0.1) is 0 Å². The Morgan fingerprint density at radius 1 is 1.32 bits per heavy atom. The fourth-order valence-corrected chi connectivity index (χ4v) is 2.61. The monoisotopic (exact) mass is 261 g/mol. The lowest BCUT2D eigenvalue weighted by molar-refractivity contribution is -0.124. The molecule has 5 heteroatoms. The highest BCUT2D eigenvalue weighted by Crippen LogP contribution is 2.20. The van der Waals surface area contributed by atoms with E-state index in [-0.39, 0.29) is 12.0 Å². The molecule has 102 valence electrons. The molecule has 0 spiro atoms. The molecule has 19 heavy (non-hydrogen) atoms. The number of pyridine rings is 1. The number of ether oxygens (including phenoxy) is 1. The summed E-state index contributed by atoms with van der Waals surface area (Å²) in [6.07, 6.45) is 5.78. The van der Waals surface area contributed by atoms with Crippen LogP contribution in [0.2, 0.25) is 0 Å². The van der Waals surface area contributed by atoms with Crippen LogP contribution >= 0.6 is 0 Å².